The average molecular weight is 370 g/mol. The van der Waals surface area contributed by atoms with E-state index in [2.05, 4.69) is 25.6 Å². The van der Waals surface area contributed by atoms with Gasteiger partial charge in [0.2, 0.25) is 0 Å². The number of carbonyl (C=O) groups excluding carboxylic acids is 1. The molecule has 0 aliphatic rings. The van der Waals surface area contributed by atoms with Gasteiger partial charge in [-0.15, -0.1) is 0 Å². The molecule has 2 heterocycles. The van der Waals surface area contributed by atoms with E-state index in [4.69, 9.17) is 16.3 Å². The molecule has 26 heavy (non-hydrogen) atoms. The monoisotopic (exact) mass is 369 g/mol. The van der Waals surface area contributed by atoms with E-state index in [-0.39, 0.29) is 11.6 Å². The summed E-state index contributed by atoms with van der Waals surface area (Å²) in [6.45, 7) is 0.564. The normalized spacial score (nSPS) is 10.2. The van der Waals surface area contributed by atoms with Crippen LogP contribution < -0.4 is 15.4 Å². The van der Waals surface area contributed by atoms with Crippen LogP contribution in [0.3, 0.4) is 0 Å². The number of halogens is 1. The number of anilines is 2. The molecule has 1 amide bonds. The fourth-order valence-corrected chi connectivity index (χ4v) is 2.47. The lowest BCUT2D eigenvalue weighted by Gasteiger charge is -2.09. The second-order valence-electron chi connectivity index (χ2n) is 5.30. The Labute approximate surface area is 155 Å². The van der Waals surface area contributed by atoms with Crippen molar-refractivity contribution in [2.45, 2.75) is 6.54 Å². The van der Waals surface area contributed by atoms with Crippen molar-refractivity contribution < 1.29 is 9.53 Å². The molecule has 0 spiro atoms. The van der Waals surface area contributed by atoms with Crippen molar-refractivity contribution in [2.75, 3.05) is 17.7 Å². The van der Waals surface area contributed by atoms with Crippen LogP contribution in [-0.4, -0.2) is 28.0 Å². The second kappa shape index (κ2) is 8.26. The molecule has 0 atom stereocenters. The van der Waals surface area contributed by atoms with Gasteiger partial charge in [-0.25, -0.2) is 9.97 Å². The van der Waals surface area contributed by atoms with Crippen molar-refractivity contribution >= 4 is 29.0 Å². The molecule has 0 unspecified atom stereocenters. The van der Waals surface area contributed by atoms with E-state index in [9.17, 15) is 4.79 Å². The zero-order chi connectivity index (χ0) is 18.4. The van der Waals surface area contributed by atoms with Gasteiger partial charge in [0.25, 0.3) is 5.91 Å². The predicted octanol–water partition coefficient (Wildman–Crippen LogP) is 3.40. The van der Waals surface area contributed by atoms with Crippen molar-refractivity contribution in [1.29, 1.82) is 0 Å². The maximum absolute atomic E-state index is 12.4. The number of methoxy groups -OCH3 is 1. The molecule has 0 aliphatic carbocycles. The van der Waals surface area contributed by atoms with E-state index in [0.29, 0.717) is 28.8 Å². The fourth-order valence-electron chi connectivity index (χ4n) is 2.21. The van der Waals surface area contributed by atoms with E-state index < -0.39 is 0 Å². The van der Waals surface area contributed by atoms with E-state index in [1.165, 1.54) is 13.4 Å². The van der Waals surface area contributed by atoms with Gasteiger partial charge in [-0.2, -0.15) is 0 Å². The van der Waals surface area contributed by atoms with Crippen LogP contribution in [0.15, 0.2) is 55.1 Å². The van der Waals surface area contributed by atoms with Gasteiger partial charge >= 0.3 is 0 Å². The smallest absolute Gasteiger partial charge is 0.274 e. The molecule has 2 N–H and O–H groups in total. The number of benzene rings is 1. The summed E-state index contributed by atoms with van der Waals surface area (Å²) in [6, 6.07) is 10.4. The Bertz CT molecular complexity index is 905. The minimum absolute atomic E-state index is 0.240. The molecule has 0 saturated carbocycles. The molecule has 0 fully saturated rings. The minimum Gasteiger partial charge on any atom is -0.495 e. The topological polar surface area (TPSA) is 89.0 Å². The van der Waals surface area contributed by atoms with Crippen molar-refractivity contribution in [3.05, 3.63) is 71.4 Å². The zero-order valence-electron chi connectivity index (χ0n) is 13.9. The SMILES string of the molecule is COc1ccc(NC(=O)c2cc(NCc3ccncc3)ncn2)cc1Cl. The first-order valence-corrected chi connectivity index (χ1v) is 8.13. The molecule has 2 aromatic heterocycles. The Morgan fingerprint density at radius 3 is 2.69 bits per heavy atom. The largest absolute Gasteiger partial charge is 0.495 e. The minimum atomic E-state index is -0.361. The molecular weight excluding hydrogens is 354 g/mol. The Hall–Kier alpha value is -3.19. The van der Waals surface area contributed by atoms with Crippen LogP contribution in [0.4, 0.5) is 11.5 Å². The van der Waals surface area contributed by atoms with Gasteiger partial charge in [0.05, 0.1) is 12.1 Å². The summed E-state index contributed by atoms with van der Waals surface area (Å²) in [6.07, 6.45) is 4.77. The second-order valence-corrected chi connectivity index (χ2v) is 5.71. The van der Waals surface area contributed by atoms with E-state index in [1.807, 2.05) is 12.1 Å². The van der Waals surface area contributed by atoms with E-state index in [0.717, 1.165) is 5.56 Å². The summed E-state index contributed by atoms with van der Waals surface area (Å²) in [5.41, 5.74) is 1.84. The van der Waals surface area contributed by atoms with Gasteiger partial charge in [0, 0.05) is 30.7 Å². The highest BCUT2D eigenvalue weighted by Gasteiger charge is 2.10. The van der Waals surface area contributed by atoms with Gasteiger partial charge in [0.15, 0.2) is 0 Å². The number of hydrogen-bond donors (Lipinski definition) is 2. The number of nitrogens with one attached hydrogen (secondary N) is 2. The maximum atomic E-state index is 12.4. The van der Waals surface area contributed by atoms with Crippen LogP contribution in [0.1, 0.15) is 16.1 Å². The van der Waals surface area contributed by atoms with Crippen LogP contribution in [0.2, 0.25) is 5.02 Å². The molecule has 0 radical (unpaired) electrons. The first-order valence-electron chi connectivity index (χ1n) is 7.75. The summed E-state index contributed by atoms with van der Waals surface area (Å²) >= 11 is 6.07. The molecule has 8 heteroatoms. The molecular formula is C18H16ClN5O2. The summed E-state index contributed by atoms with van der Waals surface area (Å²) in [4.78, 5) is 24.5. The highest BCUT2D eigenvalue weighted by molar-refractivity contribution is 6.32. The Morgan fingerprint density at radius 1 is 1.15 bits per heavy atom. The fraction of sp³-hybridized carbons (Fsp3) is 0.111. The number of carbonyl (C=O) groups is 1. The Morgan fingerprint density at radius 2 is 1.96 bits per heavy atom. The Balaban J connectivity index is 1.67. The van der Waals surface area contributed by atoms with Crippen LogP contribution in [0, 0.1) is 0 Å². The number of hydrogen-bond acceptors (Lipinski definition) is 6. The molecule has 132 valence electrons. The summed E-state index contributed by atoms with van der Waals surface area (Å²) in [7, 11) is 1.53. The number of rotatable bonds is 6. The molecule has 0 saturated heterocycles. The average Bonchev–Trinajstić information content (AvgIpc) is 2.67. The third kappa shape index (κ3) is 4.46. The van der Waals surface area contributed by atoms with Gasteiger partial charge in [0.1, 0.15) is 23.6 Å². The molecule has 0 bridgehead atoms. The molecule has 3 aromatic rings. The highest BCUT2D eigenvalue weighted by atomic mass is 35.5. The zero-order valence-corrected chi connectivity index (χ0v) is 14.7. The van der Waals surface area contributed by atoms with Crippen LogP contribution in [0.25, 0.3) is 0 Å². The number of pyridine rings is 1. The van der Waals surface area contributed by atoms with Crippen LogP contribution in [-0.2, 0) is 6.54 Å². The van der Waals surface area contributed by atoms with Crippen molar-refractivity contribution in [2.24, 2.45) is 0 Å². The van der Waals surface area contributed by atoms with Gasteiger partial charge in [-0.3, -0.25) is 9.78 Å². The standard InChI is InChI=1S/C18H16ClN5O2/c1-26-16-3-2-13(8-14(16)19)24-18(25)15-9-17(23-11-22-15)21-10-12-4-6-20-7-5-12/h2-9,11H,10H2,1H3,(H,24,25)(H,21,22,23). The van der Waals surface area contributed by atoms with Crippen molar-refractivity contribution in [3.8, 4) is 5.75 Å². The van der Waals surface area contributed by atoms with E-state index in [1.54, 1.807) is 36.7 Å². The van der Waals surface area contributed by atoms with Gasteiger partial charge in [-0.1, -0.05) is 11.6 Å². The lowest BCUT2D eigenvalue weighted by atomic mass is 10.2. The number of ether oxygens (including phenoxy) is 1. The summed E-state index contributed by atoms with van der Waals surface area (Å²) in [5.74, 6) is 0.727. The maximum Gasteiger partial charge on any atom is 0.274 e. The molecule has 0 aliphatic heterocycles. The quantitative estimate of drug-likeness (QED) is 0.692. The third-order valence-electron chi connectivity index (χ3n) is 3.53. The molecule has 1 aromatic carbocycles. The first-order chi connectivity index (χ1) is 12.7. The van der Waals surface area contributed by atoms with Crippen LogP contribution >= 0.6 is 11.6 Å². The molecule has 7 nitrogen and oxygen atoms in total. The Kier molecular flexibility index (Phi) is 5.60. The highest BCUT2D eigenvalue weighted by Crippen LogP contribution is 2.27. The lowest BCUT2D eigenvalue weighted by molar-refractivity contribution is 0.102. The number of nitrogens with zero attached hydrogens (tertiary/aromatic N) is 3. The number of aromatic nitrogens is 3. The van der Waals surface area contributed by atoms with Gasteiger partial charge in [-0.05, 0) is 35.9 Å². The number of amides is 1. The molecule has 3 rings (SSSR count). The lowest BCUT2D eigenvalue weighted by Crippen LogP contribution is -2.14. The van der Waals surface area contributed by atoms with Gasteiger partial charge < -0.3 is 15.4 Å². The first kappa shape index (κ1) is 17.6. The van der Waals surface area contributed by atoms with Crippen LogP contribution in [0.5, 0.6) is 5.75 Å². The summed E-state index contributed by atoms with van der Waals surface area (Å²) < 4.78 is 5.09. The van der Waals surface area contributed by atoms with Crippen molar-refractivity contribution in [1.82, 2.24) is 15.0 Å². The van der Waals surface area contributed by atoms with Crippen molar-refractivity contribution in [3.63, 3.8) is 0 Å². The summed E-state index contributed by atoms with van der Waals surface area (Å²) in [5, 5.41) is 6.30. The third-order valence-corrected chi connectivity index (χ3v) is 3.83. The predicted molar refractivity (Wildman–Crippen MR) is 99.6 cm³/mol. The van der Waals surface area contributed by atoms with E-state index >= 15 is 0 Å².